The van der Waals surface area contributed by atoms with E-state index in [-0.39, 0.29) is 44.7 Å². The lowest BCUT2D eigenvalue weighted by atomic mass is 10.1. The highest BCUT2D eigenvalue weighted by atomic mass is 16.4. The molecule has 0 aromatic carbocycles. The lowest BCUT2D eigenvalue weighted by molar-refractivity contribution is -0.145. The minimum atomic E-state index is -1.35. The van der Waals surface area contributed by atoms with Crippen LogP contribution in [-0.4, -0.2) is 93.9 Å². The van der Waals surface area contributed by atoms with E-state index >= 15 is 0 Å². The molecule has 1 rings (SSSR count). The number of carboxylic acid groups (broad SMARTS) is 2. The van der Waals surface area contributed by atoms with Gasteiger partial charge >= 0.3 is 11.9 Å². The van der Waals surface area contributed by atoms with Crippen LogP contribution >= 0.6 is 0 Å². The van der Waals surface area contributed by atoms with Gasteiger partial charge in [0.25, 0.3) is 0 Å². The topological polar surface area (TPSA) is 287 Å². The van der Waals surface area contributed by atoms with Crippen LogP contribution in [0.3, 0.4) is 0 Å². The SMILES string of the molecule is NC(=O)CC(N)C(=O)NC(CCC(=O)O)C(=O)N1CCCC1C(=O)NC(CCCN=C(N)N)C(=O)O. The standard InChI is InChI=1S/C20H34N8O8/c21-10(9-14(22)29)16(32)26-11(5-6-15(30)31)18(34)28-8-2-4-13(28)17(33)27-12(19(35)36)3-1-7-25-20(23)24/h10-13H,1-9,21H2,(H2,22,29)(H,26,32)(H,27,33)(H,30,31)(H,35,36)(H4,23,24,25). The van der Waals surface area contributed by atoms with Crippen LogP contribution in [0.2, 0.25) is 0 Å². The Morgan fingerprint density at radius 1 is 1.00 bits per heavy atom. The monoisotopic (exact) mass is 514 g/mol. The van der Waals surface area contributed by atoms with E-state index in [1.165, 1.54) is 4.90 Å². The predicted molar refractivity (Wildman–Crippen MR) is 125 cm³/mol. The minimum Gasteiger partial charge on any atom is -0.481 e. The zero-order chi connectivity index (χ0) is 27.4. The van der Waals surface area contributed by atoms with Crippen molar-refractivity contribution in [3.8, 4) is 0 Å². The van der Waals surface area contributed by atoms with Gasteiger partial charge in [0.15, 0.2) is 5.96 Å². The summed E-state index contributed by atoms with van der Waals surface area (Å²) < 4.78 is 0. The summed E-state index contributed by atoms with van der Waals surface area (Å²) in [6.45, 7) is 0.296. The number of carbonyl (C=O) groups excluding carboxylic acids is 4. The predicted octanol–water partition coefficient (Wildman–Crippen LogP) is -3.85. The quantitative estimate of drug-likeness (QED) is 0.0594. The summed E-state index contributed by atoms with van der Waals surface area (Å²) in [5.74, 6) is -5.80. The normalized spacial score (nSPS) is 17.4. The van der Waals surface area contributed by atoms with Gasteiger partial charge in [-0.1, -0.05) is 0 Å². The molecule has 1 saturated heterocycles. The van der Waals surface area contributed by atoms with Gasteiger partial charge in [-0.3, -0.25) is 29.0 Å². The van der Waals surface area contributed by atoms with Gasteiger partial charge in [0, 0.05) is 19.5 Å². The molecule has 4 amide bonds. The number of aliphatic imine (C=N–C) groups is 1. The van der Waals surface area contributed by atoms with E-state index < -0.39 is 72.6 Å². The number of aliphatic carboxylic acids is 2. The molecule has 36 heavy (non-hydrogen) atoms. The highest BCUT2D eigenvalue weighted by Crippen LogP contribution is 2.20. The van der Waals surface area contributed by atoms with Crippen LogP contribution in [0.5, 0.6) is 0 Å². The zero-order valence-electron chi connectivity index (χ0n) is 19.7. The number of carbonyl (C=O) groups is 6. The van der Waals surface area contributed by atoms with Crippen LogP contribution < -0.4 is 33.6 Å². The number of likely N-dealkylation sites (tertiary alicyclic amines) is 1. The third-order valence-corrected chi connectivity index (χ3v) is 5.42. The van der Waals surface area contributed by atoms with Gasteiger partial charge in [0.05, 0.1) is 12.5 Å². The summed E-state index contributed by atoms with van der Waals surface area (Å²) in [4.78, 5) is 77.0. The number of nitrogens with one attached hydrogen (secondary N) is 2. The van der Waals surface area contributed by atoms with E-state index in [9.17, 15) is 33.9 Å². The van der Waals surface area contributed by atoms with E-state index in [2.05, 4.69) is 15.6 Å². The highest BCUT2D eigenvalue weighted by Gasteiger charge is 2.39. The fourth-order valence-electron chi connectivity index (χ4n) is 3.65. The average molecular weight is 515 g/mol. The summed E-state index contributed by atoms with van der Waals surface area (Å²) in [7, 11) is 0. The van der Waals surface area contributed by atoms with Crippen molar-refractivity contribution in [2.45, 2.75) is 69.1 Å². The smallest absolute Gasteiger partial charge is 0.326 e. The molecule has 0 saturated carbocycles. The van der Waals surface area contributed by atoms with E-state index in [0.717, 1.165) is 0 Å². The van der Waals surface area contributed by atoms with Crippen molar-refractivity contribution in [1.29, 1.82) is 0 Å². The second kappa shape index (κ2) is 14.4. The Kier molecular flexibility index (Phi) is 12.1. The van der Waals surface area contributed by atoms with E-state index in [1.54, 1.807) is 0 Å². The molecule has 1 aliphatic heterocycles. The van der Waals surface area contributed by atoms with Crippen molar-refractivity contribution in [1.82, 2.24) is 15.5 Å². The zero-order valence-corrected chi connectivity index (χ0v) is 19.7. The molecule has 4 atom stereocenters. The van der Waals surface area contributed by atoms with Crippen molar-refractivity contribution in [3.63, 3.8) is 0 Å². The molecule has 0 aliphatic carbocycles. The molecule has 202 valence electrons. The van der Waals surface area contributed by atoms with Crippen LogP contribution in [0.15, 0.2) is 4.99 Å². The van der Waals surface area contributed by atoms with Crippen molar-refractivity contribution in [3.05, 3.63) is 0 Å². The lowest BCUT2D eigenvalue weighted by Gasteiger charge is -2.29. The molecule has 1 aliphatic rings. The maximum absolute atomic E-state index is 13.2. The number of guanidine groups is 1. The number of primary amides is 1. The molecule has 16 nitrogen and oxygen atoms in total. The van der Waals surface area contributed by atoms with Gasteiger partial charge < -0.3 is 48.7 Å². The summed E-state index contributed by atoms with van der Waals surface area (Å²) >= 11 is 0. The van der Waals surface area contributed by atoms with Crippen LogP contribution in [0.1, 0.15) is 44.9 Å². The number of hydrogen-bond donors (Lipinski definition) is 8. The van der Waals surface area contributed by atoms with Gasteiger partial charge in [-0.15, -0.1) is 0 Å². The maximum Gasteiger partial charge on any atom is 0.326 e. The van der Waals surface area contributed by atoms with Crippen LogP contribution in [-0.2, 0) is 28.8 Å². The highest BCUT2D eigenvalue weighted by molar-refractivity contribution is 5.95. The molecule has 0 aromatic rings. The summed E-state index contributed by atoms with van der Waals surface area (Å²) in [6, 6.07) is -4.97. The van der Waals surface area contributed by atoms with E-state index in [1.807, 2.05) is 0 Å². The van der Waals surface area contributed by atoms with Gasteiger partial charge in [0.2, 0.25) is 23.6 Å². The third kappa shape index (κ3) is 10.1. The molecule has 1 fully saturated rings. The fourth-order valence-corrected chi connectivity index (χ4v) is 3.65. The first-order chi connectivity index (χ1) is 16.8. The number of rotatable bonds is 15. The third-order valence-electron chi connectivity index (χ3n) is 5.42. The molecule has 0 radical (unpaired) electrons. The Bertz CT molecular complexity index is 876. The van der Waals surface area contributed by atoms with Crippen LogP contribution in [0.4, 0.5) is 0 Å². The number of carboxylic acids is 2. The van der Waals surface area contributed by atoms with Crippen LogP contribution in [0.25, 0.3) is 0 Å². The Balaban J connectivity index is 2.93. The first-order valence-corrected chi connectivity index (χ1v) is 11.3. The second-order valence-corrected chi connectivity index (χ2v) is 8.31. The first kappa shape index (κ1) is 30.1. The van der Waals surface area contributed by atoms with Crippen molar-refractivity contribution >= 4 is 41.5 Å². The average Bonchev–Trinajstić information content (AvgIpc) is 3.27. The molecule has 1 heterocycles. The second-order valence-electron chi connectivity index (χ2n) is 8.31. The summed E-state index contributed by atoms with van der Waals surface area (Å²) in [5, 5.41) is 23.2. The van der Waals surface area contributed by atoms with Gasteiger partial charge in [0.1, 0.15) is 18.1 Å². The first-order valence-electron chi connectivity index (χ1n) is 11.3. The number of hydrogen-bond acceptors (Lipinski definition) is 8. The maximum atomic E-state index is 13.2. The number of nitrogens with two attached hydrogens (primary N) is 4. The molecule has 4 unspecified atom stereocenters. The molecule has 0 spiro atoms. The van der Waals surface area contributed by atoms with Gasteiger partial charge in [-0.05, 0) is 32.1 Å². The van der Waals surface area contributed by atoms with Gasteiger partial charge in [-0.2, -0.15) is 0 Å². The Labute approximate surface area is 206 Å². The van der Waals surface area contributed by atoms with Crippen molar-refractivity contribution in [2.24, 2.45) is 27.9 Å². The summed E-state index contributed by atoms with van der Waals surface area (Å²) in [5.41, 5.74) is 21.1. The van der Waals surface area contributed by atoms with Crippen LogP contribution in [0, 0.1) is 0 Å². The molecular formula is C20H34N8O8. The van der Waals surface area contributed by atoms with E-state index in [4.69, 9.17) is 28.0 Å². The molecule has 0 aromatic heterocycles. The Hall–Kier alpha value is -3.95. The Morgan fingerprint density at radius 2 is 1.67 bits per heavy atom. The molecule has 0 bridgehead atoms. The van der Waals surface area contributed by atoms with Crippen molar-refractivity contribution in [2.75, 3.05) is 13.1 Å². The number of amides is 4. The largest absolute Gasteiger partial charge is 0.481 e. The van der Waals surface area contributed by atoms with Crippen molar-refractivity contribution < 1.29 is 39.0 Å². The summed E-state index contributed by atoms with van der Waals surface area (Å²) in [6.07, 6.45) is -0.281. The number of nitrogens with zero attached hydrogens (tertiary/aromatic N) is 2. The molecule has 16 heteroatoms. The minimum absolute atomic E-state index is 0.0353. The molecular weight excluding hydrogens is 480 g/mol. The lowest BCUT2D eigenvalue weighted by Crippen LogP contribution is -2.57. The molecule has 12 N–H and O–H groups in total. The Morgan fingerprint density at radius 3 is 2.22 bits per heavy atom. The fraction of sp³-hybridized carbons (Fsp3) is 0.650. The van der Waals surface area contributed by atoms with E-state index in [0.29, 0.717) is 6.42 Å². The van der Waals surface area contributed by atoms with Gasteiger partial charge in [-0.25, -0.2) is 4.79 Å².